The van der Waals surface area contributed by atoms with E-state index in [-0.39, 0.29) is 24.5 Å². The first kappa shape index (κ1) is 21.7. The smallest absolute Gasteiger partial charge is 0.220 e. The molecule has 0 aliphatic carbocycles. The predicted octanol–water partition coefficient (Wildman–Crippen LogP) is 4.76. The quantitative estimate of drug-likeness (QED) is 0.505. The Morgan fingerprint density at radius 3 is 2.50 bits per heavy atom. The number of nitrogens with one attached hydrogen (secondary N) is 1. The Kier molecular flexibility index (Phi) is 7.36. The molecule has 0 bridgehead atoms. The number of ketones is 1. The van der Waals surface area contributed by atoms with E-state index in [1.807, 2.05) is 19.9 Å². The number of carbonyl (C=O) groups is 2. The molecule has 0 saturated heterocycles. The second-order valence-corrected chi connectivity index (χ2v) is 8.24. The monoisotopic (exact) mass is 422 g/mol. The number of nitrogens with zero attached hydrogens (tertiary/aromatic N) is 1. The van der Waals surface area contributed by atoms with Crippen LogP contribution in [0.4, 0.5) is 0 Å². The highest BCUT2D eigenvalue weighted by atomic mass is 32.1. The molecular formula is C24H26N2O3S. The molecule has 3 aromatic rings. The number of hydrogen-bond donors (Lipinski definition) is 1. The first-order chi connectivity index (χ1) is 14.5. The summed E-state index contributed by atoms with van der Waals surface area (Å²) in [6, 6.07) is 13.7. The van der Waals surface area contributed by atoms with Crippen LogP contribution >= 0.6 is 11.3 Å². The van der Waals surface area contributed by atoms with E-state index in [0.717, 1.165) is 33.8 Å². The number of aromatic nitrogens is 1. The fourth-order valence-electron chi connectivity index (χ4n) is 3.17. The van der Waals surface area contributed by atoms with E-state index >= 15 is 0 Å². The van der Waals surface area contributed by atoms with Crippen LogP contribution in [-0.4, -0.2) is 30.3 Å². The highest BCUT2D eigenvalue weighted by Gasteiger charge is 2.14. The molecule has 0 aliphatic rings. The van der Waals surface area contributed by atoms with Crippen LogP contribution in [0.25, 0.3) is 11.3 Å². The second-order valence-electron chi connectivity index (χ2n) is 7.18. The molecule has 0 spiro atoms. The Balaban J connectivity index is 1.44. The van der Waals surface area contributed by atoms with E-state index in [1.165, 1.54) is 0 Å². The van der Waals surface area contributed by atoms with E-state index in [4.69, 9.17) is 4.74 Å². The average molecular weight is 423 g/mol. The highest BCUT2D eigenvalue weighted by molar-refractivity contribution is 7.09. The van der Waals surface area contributed by atoms with E-state index in [0.29, 0.717) is 17.9 Å². The Hall–Kier alpha value is -2.99. The SMILES string of the molecule is COc1ccc(C)cc1C(=O)CCC(=O)NCCc1ccc(-c2csc(C)n2)cc1. The van der Waals surface area contributed by atoms with Crippen LogP contribution in [0.2, 0.25) is 0 Å². The molecule has 5 nitrogen and oxygen atoms in total. The van der Waals surface area contributed by atoms with Crippen molar-refractivity contribution >= 4 is 23.0 Å². The van der Waals surface area contributed by atoms with Crippen molar-refractivity contribution in [1.82, 2.24) is 10.3 Å². The van der Waals surface area contributed by atoms with Crippen molar-refractivity contribution in [3.05, 3.63) is 69.5 Å². The van der Waals surface area contributed by atoms with Gasteiger partial charge >= 0.3 is 0 Å². The highest BCUT2D eigenvalue weighted by Crippen LogP contribution is 2.23. The van der Waals surface area contributed by atoms with E-state index < -0.39 is 0 Å². The van der Waals surface area contributed by atoms with Gasteiger partial charge in [0.05, 0.1) is 23.4 Å². The van der Waals surface area contributed by atoms with Crippen LogP contribution < -0.4 is 10.1 Å². The van der Waals surface area contributed by atoms with Gasteiger partial charge in [0, 0.05) is 30.3 Å². The zero-order chi connectivity index (χ0) is 21.5. The van der Waals surface area contributed by atoms with Gasteiger partial charge in [-0.2, -0.15) is 0 Å². The third-order valence-corrected chi connectivity index (χ3v) is 5.61. The van der Waals surface area contributed by atoms with Crippen molar-refractivity contribution in [2.75, 3.05) is 13.7 Å². The van der Waals surface area contributed by atoms with Gasteiger partial charge in [-0.15, -0.1) is 11.3 Å². The maximum atomic E-state index is 12.5. The van der Waals surface area contributed by atoms with Gasteiger partial charge in [0.25, 0.3) is 0 Å². The van der Waals surface area contributed by atoms with Crippen LogP contribution in [0.15, 0.2) is 47.8 Å². The summed E-state index contributed by atoms with van der Waals surface area (Å²) in [5, 5.41) is 6.00. The third-order valence-electron chi connectivity index (χ3n) is 4.84. The van der Waals surface area contributed by atoms with Crippen molar-refractivity contribution in [3.63, 3.8) is 0 Å². The number of benzene rings is 2. The molecule has 6 heteroatoms. The molecule has 30 heavy (non-hydrogen) atoms. The summed E-state index contributed by atoms with van der Waals surface area (Å²) in [6.45, 7) is 4.46. The summed E-state index contributed by atoms with van der Waals surface area (Å²) in [7, 11) is 1.54. The Labute approximate surface area is 181 Å². The fourth-order valence-corrected chi connectivity index (χ4v) is 3.80. The molecule has 1 aromatic heterocycles. The van der Waals surface area contributed by atoms with Gasteiger partial charge in [-0.25, -0.2) is 4.98 Å². The molecule has 1 amide bonds. The first-order valence-electron chi connectivity index (χ1n) is 9.92. The number of thiazole rings is 1. The number of methoxy groups -OCH3 is 1. The van der Waals surface area contributed by atoms with Crippen molar-refractivity contribution in [2.24, 2.45) is 0 Å². The molecule has 0 radical (unpaired) electrons. The first-order valence-corrected chi connectivity index (χ1v) is 10.8. The lowest BCUT2D eigenvalue weighted by Crippen LogP contribution is -2.26. The fraction of sp³-hybridized carbons (Fsp3) is 0.292. The van der Waals surface area contributed by atoms with Crippen LogP contribution in [0.3, 0.4) is 0 Å². The minimum atomic E-state index is -0.121. The van der Waals surface area contributed by atoms with Gasteiger partial charge in [-0.05, 0) is 38.0 Å². The second kappa shape index (κ2) is 10.2. The molecule has 156 valence electrons. The predicted molar refractivity (Wildman–Crippen MR) is 120 cm³/mol. The lowest BCUT2D eigenvalue weighted by atomic mass is 10.0. The Morgan fingerprint density at radius 1 is 1.07 bits per heavy atom. The number of hydrogen-bond acceptors (Lipinski definition) is 5. The lowest BCUT2D eigenvalue weighted by molar-refractivity contribution is -0.121. The molecule has 3 rings (SSSR count). The number of aryl methyl sites for hydroxylation is 2. The molecule has 0 unspecified atom stereocenters. The molecule has 1 heterocycles. The third kappa shape index (κ3) is 5.76. The van der Waals surface area contributed by atoms with Gasteiger partial charge in [-0.3, -0.25) is 9.59 Å². The number of rotatable bonds is 9. The minimum absolute atomic E-state index is 0.0847. The zero-order valence-electron chi connectivity index (χ0n) is 17.5. The van der Waals surface area contributed by atoms with E-state index in [9.17, 15) is 9.59 Å². The van der Waals surface area contributed by atoms with Crippen molar-refractivity contribution < 1.29 is 14.3 Å². The lowest BCUT2D eigenvalue weighted by Gasteiger charge is -2.09. The largest absolute Gasteiger partial charge is 0.496 e. The van der Waals surface area contributed by atoms with Crippen molar-refractivity contribution in [3.8, 4) is 17.0 Å². The number of Topliss-reactive ketones (excluding diaryl/α,β-unsaturated/α-hetero) is 1. The summed E-state index contributed by atoms with van der Waals surface area (Å²) >= 11 is 1.64. The Morgan fingerprint density at radius 2 is 1.83 bits per heavy atom. The summed E-state index contributed by atoms with van der Waals surface area (Å²) in [5.74, 6) is 0.338. The van der Waals surface area contributed by atoms with E-state index in [2.05, 4.69) is 39.9 Å². The maximum Gasteiger partial charge on any atom is 0.220 e. The summed E-state index contributed by atoms with van der Waals surface area (Å²) in [6.07, 6.45) is 1.06. The molecule has 0 atom stereocenters. The molecule has 1 N–H and O–H groups in total. The van der Waals surface area contributed by atoms with Crippen LogP contribution in [-0.2, 0) is 11.2 Å². The maximum absolute atomic E-state index is 12.5. The van der Waals surface area contributed by atoms with Crippen LogP contribution in [0.5, 0.6) is 5.75 Å². The molecule has 0 aliphatic heterocycles. The summed E-state index contributed by atoms with van der Waals surface area (Å²) in [4.78, 5) is 29.1. The standard InChI is InChI=1S/C24H26N2O3S/c1-16-4-10-23(29-3)20(14-16)22(27)9-11-24(28)25-13-12-18-5-7-19(8-6-18)21-15-30-17(2)26-21/h4-8,10,14-15H,9,11-13H2,1-3H3,(H,25,28). The minimum Gasteiger partial charge on any atom is -0.496 e. The Bertz CT molecular complexity index is 1030. The molecule has 0 fully saturated rings. The van der Waals surface area contributed by atoms with Gasteiger partial charge in [0.15, 0.2) is 5.78 Å². The van der Waals surface area contributed by atoms with Crippen molar-refractivity contribution in [2.45, 2.75) is 33.1 Å². The van der Waals surface area contributed by atoms with Crippen LogP contribution in [0, 0.1) is 13.8 Å². The number of carbonyl (C=O) groups excluding carboxylic acids is 2. The molecule has 2 aromatic carbocycles. The number of amides is 1. The topological polar surface area (TPSA) is 68.3 Å². The van der Waals surface area contributed by atoms with Gasteiger partial charge in [-0.1, -0.05) is 35.9 Å². The normalized spacial score (nSPS) is 10.6. The van der Waals surface area contributed by atoms with Crippen molar-refractivity contribution in [1.29, 1.82) is 0 Å². The number of ether oxygens (including phenoxy) is 1. The zero-order valence-corrected chi connectivity index (χ0v) is 18.3. The molecule has 0 saturated carbocycles. The molecular weight excluding hydrogens is 396 g/mol. The average Bonchev–Trinajstić information content (AvgIpc) is 3.18. The van der Waals surface area contributed by atoms with E-state index in [1.54, 1.807) is 30.6 Å². The summed E-state index contributed by atoms with van der Waals surface area (Å²) < 4.78 is 5.26. The van der Waals surface area contributed by atoms with Gasteiger partial charge in [0.1, 0.15) is 5.75 Å². The van der Waals surface area contributed by atoms with Crippen LogP contribution in [0.1, 0.15) is 39.3 Å². The van der Waals surface area contributed by atoms with Gasteiger partial charge in [0.2, 0.25) is 5.91 Å². The van der Waals surface area contributed by atoms with Gasteiger partial charge < -0.3 is 10.1 Å². The summed E-state index contributed by atoms with van der Waals surface area (Å²) in [5.41, 5.74) is 4.75.